The maximum Gasteiger partial charge on any atom is 0.250 e. The number of fused-ring (bicyclic) bond motifs is 1. The predicted octanol–water partition coefficient (Wildman–Crippen LogP) is 2.48. The number of primary amides is 1. The SMILES string of the molecule is C[C@H](Nc1ccc(S(N)(=O)=O)cc1C(N)=O)c1ccc2c(c1)CCCC2. The van der Waals surface area contributed by atoms with E-state index in [4.69, 9.17) is 10.9 Å². The molecule has 0 radical (unpaired) electrons. The molecule has 0 saturated carbocycles. The first-order chi connectivity index (χ1) is 12.3. The van der Waals surface area contributed by atoms with E-state index in [-0.39, 0.29) is 16.5 Å². The van der Waals surface area contributed by atoms with Crippen molar-refractivity contribution < 1.29 is 13.2 Å². The summed E-state index contributed by atoms with van der Waals surface area (Å²) in [7, 11) is -3.90. The lowest BCUT2D eigenvalue weighted by Crippen LogP contribution is -2.19. The van der Waals surface area contributed by atoms with Crippen LogP contribution in [0.15, 0.2) is 41.3 Å². The maximum atomic E-state index is 11.8. The third-order valence-electron chi connectivity index (χ3n) is 4.83. The number of nitrogens with one attached hydrogen (secondary N) is 1. The van der Waals surface area contributed by atoms with Crippen LogP contribution in [0.5, 0.6) is 0 Å². The van der Waals surface area contributed by atoms with Gasteiger partial charge < -0.3 is 11.1 Å². The van der Waals surface area contributed by atoms with Gasteiger partial charge in [0.2, 0.25) is 10.0 Å². The van der Waals surface area contributed by atoms with E-state index in [2.05, 4.69) is 23.5 Å². The summed E-state index contributed by atoms with van der Waals surface area (Å²) < 4.78 is 23.0. The van der Waals surface area contributed by atoms with Gasteiger partial charge in [-0.3, -0.25) is 4.79 Å². The number of amides is 1. The normalized spacial score (nSPS) is 15.2. The van der Waals surface area contributed by atoms with Crippen LogP contribution in [0.25, 0.3) is 0 Å². The second-order valence-corrected chi connectivity index (χ2v) is 8.28. The lowest BCUT2D eigenvalue weighted by Gasteiger charge is -2.21. The summed E-state index contributed by atoms with van der Waals surface area (Å²) in [5, 5.41) is 8.39. The van der Waals surface area contributed by atoms with E-state index in [0.29, 0.717) is 5.69 Å². The number of carbonyl (C=O) groups is 1. The number of nitrogens with two attached hydrogens (primary N) is 2. The fourth-order valence-corrected chi connectivity index (χ4v) is 3.91. The van der Waals surface area contributed by atoms with Crippen molar-refractivity contribution in [2.75, 3.05) is 5.32 Å². The second-order valence-electron chi connectivity index (χ2n) is 6.72. The first kappa shape index (κ1) is 18.4. The van der Waals surface area contributed by atoms with Gasteiger partial charge in [-0.25, -0.2) is 13.6 Å². The van der Waals surface area contributed by atoms with Crippen molar-refractivity contribution >= 4 is 21.6 Å². The molecule has 7 heteroatoms. The minimum Gasteiger partial charge on any atom is -0.378 e. The molecule has 26 heavy (non-hydrogen) atoms. The molecule has 1 amide bonds. The van der Waals surface area contributed by atoms with Crippen molar-refractivity contribution in [2.24, 2.45) is 10.9 Å². The molecule has 0 bridgehead atoms. The number of hydrogen-bond acceptors (Lipinski definition) is 4. The molecule has 1 aliphatic rings. The molecule has 0 saturated heterocycles. The van der Waals surface area contributed by atoms with Gasteiger partial charge in [-0.2, -0.15) is 0 Å². The molecule has 0 aromatic heterocycles. The molecular formula is C19H23N3O3S. The minimum atomic E-state index is -3.90. The molecule has 0 aliphatic heterocycles. The molecule has 0 heterocycles. The highest BCUT2D eigenvalue weighted by Crippen LogP contribution is 2.28. The lowest BCUT2D eigenvalue weighted by atomic mass is 9.89. The van der Waals surface area contributed by atoms with Crippen molar-refractivity contribution in [3.8, 4) is 0 Å². The Kier molecular flexibility index (Phi) is 5.02. The van der Waals surface area contributed by atoms with Crippen molar-refractivity contribution in [1.29, 1.82) is 0 Å². The van der Waals surface area contributed by atoms with E-state index in [9.17, 15) is 13.2 Å². The zero-order valence-corrected chi connectivity index (χ0v) is 15.5. The van der Waals surface area contributed by atoms with Crippen LogP contribution in [0, 0.1) is 0 Å². The Labute approximate surface area is 153 Å². The quantitative estimate of drug-likeness (QED) is 0.746. The first-order valence-electron chi connectivity index (χ1n) is 8.60. The highest BCUT2D eigenvalue weighted by atomic mass is 32.2. The average Bonchev–Trinajstić information content (AvgIpc) is 2.60. The monoisotopic (exact) mass is 373 g/mol. The van der Waals surface area contributed by atoms with Crippen LogP contribution in [0.3, 0.4) is 0 Å². The third-order valence-corrected chi connectivity index (χ3v) is 5.74. The van der Waals surface area contributed by atoms with E-state index in [1.54, 1.807) is 0 Å². The van der Waals surface area contributed by atoms with E-state index >= 15 is 0 Å². The highest BCUT2D eigenvalue weighted by Gasteiger charge is 2.17. The molecular weight excluding hydrogens is 350 g/mol. The van der Waals surface area contributed by atoms with E-state index in [1.807, 2.05) is 6.92 Å². The van der Waals surface area contributed by atoms with Gasteiger partial charge in [0.1, 0.15) is 0 Å². The van der Waals surface area contributed by atoms with Crippen LogP contribution < -0.4 is 16.2 Å². The van der Waals surface area contributed by atoms with Gasteiger partial charge in [-0.1, -0.05) is 18.2 Å². The third kappa shape index (κ3) is 3.89. The van der Waals surface area contributed by atoms with Crippen LogP contribution in [-0.4, -0.2) is 14.3 Å². The Balaban J connectivity index is 1.89. The topological polar surface area (TPSA) is 115 Å². The van der Waals surface area contributed by atoms with Gasteiger partial charge in [0.25, 0.3) is 5.91 Å². The molecule has 2 aromatic carbocycles. The fourth-order valence-electron chi connectivity index (χ4n) is 3.37. The molecule has 1 atom stereocenters. The number of sulfonamides is 1. The van der Waals surface area contributed by atoms with Crippen LogP contribution in [0.2, 0.25) is 0 Å². The average molecular weight is 373 g/mol. The summed E-state index contributed by atoms with van der Waals surface area (Å²) in [4.78, 5) is 11.6. The van der Waals surface area contributed by atoms with Gasteiger partial charge in [-0.15, -0.1) is 0 Å². The Bertz CT molecular complexity index is 954. The number of benzene rings is 2. The Hall–Kier alpha value is -2.38. The van der Waals surface area contributed by atoms with Gasteiger partial charge in [0.05, 0.1) is 10.5 Å². The smallest absolute Gasteiger partial charge is 0.250 e. The summed E-state index contributed by atoms with van der Waals surface area (Å²) in [5.74, 6) is -0.712. The molecule has 0 fully saturated rings. The van der Waals surface area contributed by atoms with Crippen molar-refractivity contribution in [3.05, 3.63) is 58.7 Å². The fraction of sp³-hybridized carbons (Fsp3) is 0.316. The molecule has 138 valence electrons. The number of aryl methyl sites for hydroxylation is 2. The summed E-state index contributed by atoms with van der Waals surface area (Å²) in [6, 6.07) is 10.5. The van der Waals surface area contributed by atoms with Crippen molar-refractivity contribution in [3.63, 3.8) is 0 Å². The number of primary sulfonamides is 1. The summed E-state index contributed by atoms with van der Waals surface area (Å²) in [5.41, 5.74) is 9.89. The summed E-state index contributed by atoms with van der Waals surface area (Å²) in [6.45, 7) is 1.99. The van der Waals surface area contributed by atoms with Crippen LogP contribution in [0.4, 0.5) is 5.69 Å². The van der Waals surface area contributed by atoms with Crippen LogP contribution in [0.1, 0.15) is 52.9 Å². The maximum absolute atomic E-state index is 11.8. The lowest BCUT2D eigenvalue weighted by molar-refractivity contribution is 0.100. The Morgan fingerprint density at radius 3 is 2.42 bits per heavy atom. The Morgan fingerprint density at radius 1 is 1.08 bits per heavy atom. The Morgan fingerprint density at radius 2 is 1.77 bits per heavy atom. The zero-order chi connectivity index (χ0) is 18.9. The summed E-state index contributed by atoms with van der Waals surface area (Å²) in [6.07, 6.45) is 4.65. The van der Waals surface area contributed by atoms with Gasteiger partial charge in [0, 0.05) is 11.7 Å². The molecule has 6 nitrogen and oxygen atoms in total. The first-order valence-corrected chi connectivity index (χ1v) is 10.2. The van der Waals surface area contributed by atoms with E-state index in [1.165, 1.54) is 42.2 Å². The van der Waals surface area contributed by atoms with Crippen molar-refractivity contribution in [2.45, 2.75) is 43.5 Å². The van der Waals surface area contributed by atoms with Crippen LogP contribution >= 0.6 is 0 Å². The molecule has 5 N–H and O–H groups in total. The zero-order valence-electron chi connectivity index (χ0n) is 14.7. The molecule has 2 aromatic rings. The van der Waals surface area contributed by atoms with Gasteiger partial charge >= 0.3 is 0 Å². The largest absolute Gasteiger partial charge is 0.378 e. The summed E-state index contributed by atoms with van der Waals surface area (Å²) >= 11 is 0. The molecule has 0 spiro atoms. The van der Waals surface area contributed by atoms with Crippen LogP contribution in [-0.2, 0) is 22.9 Å². The molecule has 1 aliphatic carbocycles. The number of carbonyl (C=O) groups excluding carboxylic acids is 1. The molecule has 3 rings (SSSR count). The standard InChI is InChI=1S/C19H23N3O3S/c1-12(14-7-6-13-4-2-3-5-15(13)10-14)22-18-9-8-16(26(21,24)25)11-17(18)19(20)23/h6-12,22H,2-5H2,1H3,(H2,20,23)(H2,21,24,25)/t12-/m0/s1. The minimum absolute atomic E-state index is 0.0688. The molecule has 0 unspecified atom stereocenters. The van der Waals surface area contributed by atoms with E-state index < -0.39 is 15.9 Å². The predicted molar refractivity (Wildman–Crippen MR) is 101 cm³/mol. The number of hydrogen-bond donors (Lipinski definition) is 3. The van der Waals surface area contributed by atoms with Gasteiger partial charge in [0.15, 0.2) is 0 Å². The number of rotatable bonds is 5. The highest BCUT2D eigenvalue weighted by molar-refractivity contribution is 7.89. The van der Waals surface area contributed by atoms with Crippen molar-refractivity contribution in [1.82, 2.24) is 0 Å². The van der Waals surface area contributed by atoms with E-state index in [0.717, 1.165) is 18.4 Å². The number of anilines is 1. The second kappa shape index (κ2) is 7.09. The van der Waals surface area contributed by atoms with Gasteiger partial charge in [-0.05, 0) is 67.5 Å².